The maximum absolute atomic E-state index is 12.9. The number of hydrogen-bond donors (Lipinski definition) is 0. The smallest absolute Gasteiger partial charge is 0.417 e. The molecule has 5 nitrogen and oxygen atoms in total. The second-order valence-electron chi connectivity index (χ2n) is 4.91. The molecule has 0 aliphatic carbocycles. The molecule has 0 aromatic carbocycles. The van der Waals surface area contributed by atoms with E-state index in [4.69, 9.17) is 12.6 Å². The van der Waals surface area contributed by atoms with Gasteiger partial charge in [0.15, 0.2) is 0 Å². The summed E-state index contributed by atoms with van der Waals surface area (Å²) in [6.45, 7) is 4.91. The largest absolute Gasteiger partial charge is 0.443 e. The number of ether oxygens (including phenoxy) is 1. The molecule has 1 heterocycles. The normalized spacial score (nSPS) is 10.9. The summed E-state index contributed by atoms with van der Waals surface area (Å²) >= 11 is 0. The number of nitrogens with zero attached hydrogens (tertiary/aromatic N) is 2. The first-order chi connectivity index (χ1) is 8.73. The van der Waals surface area contributed by atoms with Gasteiger partial charge in [-0.3, -0.25) is 9.78 Å². The Bertz CT molecular complexity index is 488. The van der Waals surface area contributed by atoms with E-state index in [1.165, 1.54) is 6.07 Å². The molecule has 0 unspecified atom stereocenters. The zero-order valence-electron chi connectivity index (χ0n) is 11.0. The van der Waals surface area contributed by atoms with Crippen LogP contribution in [0, 0.1) is 5.82 Å². The first-order valence-electron chi connectivity index (χ1n) is 5.58. The van der Waals surface area contributed by atoms with Crippen molar-refractivity contribution in [2.24, 2.45) is 0 Å². The van der Waals surface area contributed by atoms with Crippen LogP contribution in [0.5, 0.6) is 0 Å². The SMILES string of the molecule is [B]c1cc(CN(C=O)C(=O)OC(C)(C)C)ncc1F. The lowest BCUT2D eigenvalue weighted by Gasteiger charge is -2.23. The summed E-state index contributed by atoms with van der Waals surface area (Å²) in [4.78, 5) is 27.1. The first kappa shape index (κ1) is 15.1. The van der Waals surface area contributed by atoms with E-state index in [9.17, 15) is 14.0 Å². The number of pyridine rings is 1. The maximum atomic E-state index is 12.9. The van der Waals surface area contributed by atoms with E-state index in [0.717, 1.165) is 11.1 Å². The molecule has 100 valence electrons. The lowest BCUT2D eigenvalue weighted by Crippen LogP contribution is -2.36. The summed E-state index contributed by atoms with van der Waals surface area (Å²) in [5.74, 6) is -0.654. The Kier molecular flexibility index (Phi) is 4.64. The highest BCUT2D eigenvalue weighted by atomic mass is 19.1. The highest BCUT2D eigenvalue weighted by molar-refractivity contribution is 6.32. The van der Waals surface area contributed by atoms with Gasteiger partial charge in [0, 0.05) is 0 Å². The van der Waals surface area contributed by atoms with Crippen molar-refractivity contribution >= 4 is 25.8 Å². The molecule has 0 atom stereocenters. The number of aromatic nitrogens is 1. The fourth-order valence-corrected chi connectivity index (χ4v) is 1.23. The van der Waals surface area contributed by atoms with E-state index in [2.05, 4.69) is 4.98 Å². The Morgan fingerprint density at radius 1 is 1.58 bits per heavy atom. The van der Waals surface area contributed by atoms with E-state index in [1.807, 2.05) is 0 Å². The van der Waals surface area contributed by atoms with Gasteiger partial charge in [-0.15, -0.1) is 0 Å². The average molecular weight is 264 g/mol. The fraction of sp³-hybridized carbons (Fsp3) is 0.417. The standard InChI is InChI=1S/C12H14BFN2O3/c1-12(2,3)19-11(18)16(7-17)6-8-4-9(13)10(14)5-15-8/h4-5,7H,6H2,1-3H3. The molecule has 2 amide bonds. The zero-order valence-corrected chi connectivity index (χ0v) is 11.0. The lowest BCUT2D eigenvalue weighted by molar-refractivity contribution is -0.118. The molecule has 0 aliphatic heterocycles. The molecule has 2 radical (unpaired) electrons. The molecule has 0 aliphatic rings. The summed E-state index contributed by atoms with van der Waals surface area (Å²) in [5.41, 5.74) is -0.523. The molecule has 0 fully saturated rings. The van der Waals surface area contributed by atoms with E-state index in [1.54, 1.807) is 20.8 Å². The maximum Gasteiger partial charge on any atom is 0.417 e. The van der Waals surface area contributed by atoms with Crippen molar-refractivity contribution in [1.82, 2.24) is 9.88 Å². The van der Waals surface area contributed by atoms with Crippen molar-refractivity contribution in [3.05, 3.63) is 23.8 Å². The summed E-state index contributed by atoms with van der Waals surface area (Å²) < 4.78 is 18.0. The van der Waals surface area contributed by atoms with E-state index in [-0.39, 0.29) is 17.7 Å². The molecule has 7 heteroatoms. The number of amides is 2. The molecule has 0 spiro atoms. The minimum Gasteiger partial charge on any atom is -0.443 e. The monoisotopic (exact) mass is 264 g/mol. The van der Waals surface area contributed by atoms with Crippen molar-refractivity contribution < 1.29 is 18.7 Å². The number of hydrogen-bond acceptors (Lipinski definition) is 4. The van der Waals surface area contributed by atoms with Crippen molar-refractivity contribution in [2.45, 2.75) is 32.9 Å². The van der Waals surface area contributed by atoms with Crippen LogP contribution in [0.1, 0.15) is 26.5 Å². The van der Waals surface area contributed by atoms with Gasteiger partial charge in [0.2, 0.25) is 6.41 Å². The highest BCUT2D eigenvalue weighted by Gasteiger charge is 2.22. The third-order valence-electron chi connectivity index (χ3n) is 2.03. The van der Waals surface area contributed by atoms with Crippen LogP contribution in [0.4, 0.5) is 9.18 Å². The van der Waals surface area contributed by atoms with Crippen molar-refractivity contribution in [3.63, 3.8) is 0 Å². The van der Waals surface area contributed by atoms with Gasteiger partial charge in [0.05, 0.1) is 18.4 Å². The molecular weight excluding hydrogens is 250 g/mol. The van der Waals surface area contributed by atoms with Gasteiger partial charge in [0.1, 0.15) is 19.3 Å². The third kappa shape index (κ3) is 4.69. The van der Waals surface area contributed by atoms with Crippen LogP contribution >= 0.6 is 0 Å². The molecule has 0 bridgehead atoms. The van der Waals surface area contributed by atoms with Gasteiger partial charge >= 0.3 is 6.09 Å². The Morgan fingerprint density at radius 3 is 2.68 bits per heavy atom. The predicted molar refractivity (Wildman–Crippen MR) is 67.4 cm³/mol. The Hall–Kier alpha value is -1.92. The number of halogens is 1. The molecule has 1 aromatic heterocycles. The number of carbonyl (C=O) groups excluding carboxylic acids is 2. The van der Waals surface area contributed by atoms with Crippen LogP contribution in [0.2, 0.25) is 0 Å². The van der Waals surface area contributed by atoms with Gasteiger partial charge in [-0.2, -0.15) is 0 Å². The Labute approximate surface area is 112 Å². The number of carbonyl (C=O) groups is 2. The molecule has 0 N–H and O–H groups in total. The van der Waals surface area contributed by atoms with Gasteiger partial charge in [-0.05, 0) is 26.8 Å². The molecule has 0 saturated heterocycles. The van der Waals surface area contributed by atoms with E-state index >= 15 is 0 Å². The van der Waals surface area contributed by atoms with Crippen LogP contribution in [0.15, 0.2) is 12.3 Å². The molecule has 1 aromatic rings. The summed E-state index contributed by atoms with van der Waals surface area (Å²) in [5, 5.41) is 0. The average Bonchev–Trinajstić information content (AvgIpc) is 2.28. The van der Waals surface area contributed by atoms with Crippen LogP contribution in [0.3, 0.4) is 0 Å². The van der Waals surface area contributed by atoms with Crippen molar-refractivity contribution in [2.75, 3.05) is 0 Å². The summed E-state index contributed by atoms with van der Waals surface area (Å²) in [6, 6.07) is 1.26. The molecule has 0 saturated carbocycles. The van der Waals surface area contributed by atoms with E-state index in [0.29, 0.717) is 6.41 Å². The number of rotatable bonds is 3. The minimum absolute atomic E-state index is 0.0972. The van der Waals surface area contributed by atoms with Crippen LogP contribution in [0.25, 0.3) is 0 Å². The van der Waals surface area contributed by atoms with Gasteiger partial charge in [-0.1, -0.05) is 5.46 Å². The molecular formula is C12H14BFN2O3. The molecule has 1 rings (SSSR count). The minimum atomic E-state index is -0.799. The van der Waals surface area contributed by atoms with Crippen molar-refractivity contribution in [3.8, 4) is 0 Å². The molecule has 19 heavy (non-hydrogen) atoms. The quantitative estimate of drug-likeness (QED) is 0.601. The van der Waals surface area contributed by atoms with Crippen molar-refractivity contribution in [1.29, 1.82) is 0 Å². The van der Waals surface area contributed by atoms with Crippen LogP contribution in [-0.2, 0) is 16.1 Å². The zero-order chi connectivity index (χ0) is 14.6. The summed E-state index contributed by atoms with van der Waals surface area (Å²) in [7, 11) is 5.38. The van der Waals surface area contributed by atoms with Gasteiger partial charge in [0.25, 0.3) is 0 Å². The first-order valence-corrected chi connectivity index (χ1v) is 5.58. The lowest BCUT2D eigenvalue weighted by atomic mass is 9.96. The second kappa shape index (κ2) is 5.82. The topological polar surface area (TPSA) is 59.5 Å². The highest BCUT2D eigenvalue weighted by Crippen LogP contribution is 2.10. The third-order valence-corrected chi connectivity index (χ3v) is 2.03. The van der Waals surface area contributed by atoms with E-state index < -0.39 is 17.5 Å². The van der Waals surface area contributed by atoms with Gasteiger partial charge in [-0.25, -0.2) is 14.1 Å². The predicted octanol–water partition coefficient (Wildman–Crippen LogP) is 0.908. The Morgan fingerprint density at radius 2 is 2.21 bits per heavy atom. The Balaban J connectivity index is 2.79. The van der Waals surface area contributed by atoms with Gasteiger partial charge < -0.3 is 4.74 Å². The fourth-order valence-electron chi connectivity index (χ4n) is 1.23. The van der Waals surface area contributed by atoms with Crippen LogP contribution < -0.4 is 5.46 Å². The second-order valence-corrected chi connectivity index (χ2v) is 4.91. The summed E-state index contributed by atoms with van der Waals surface area (Å²) in [6.07, 6.45) is 0.463. The number of imide groups is 1. The van der Waals surface area contributed by atoms with Crippen LogP contribution in [-0.4, -0.2) is 35.8 Å².